The fourth-order valence-electron chi connectivity index (χ4n) is 8.88. The van der Waals surface area contributed by atoms with Crippen LogP contribution in [0, 0.1) is 25.7 Å². The third-order valence-corrected chi connectivity index (χ3v) is 10.9. The molecule has 3 aliphatic heterocycles. The molecule has 6 heterocycles. The van der Waals surface area contributed by atoms with Crippen molar-refractivity contribution < 1.29 is 14.0 Å². The van der Waals surface area contributed by atoms with Gasteiger partial charge in [-0.15, -0.1) is 4.68 Å². The molecular formula is C44H30N4O+2. The van der Waals surface area contributed by atoms with Gasteiger partial charge < -0.3 is 4.74 Å². The summed E-state index contributed by atoms with van der Waals surface area (Å²) < 4.78 is 16.7. The van der Waals surface area contributed by atoms with Gasteiger partial charge in [-0.3, -0.25) is 0 Å². The maximum atomic E-state index is 6.83. The number of hydrogen-bond donors (Lipinski definition) is 0. The van der Waals surface area contributed by atoms with Gasteiger partial charge in [0.1, 0.15) is 28.3 Å². The largest absolute Gasteiger partial charge is 0.456 e. The summed E-state index contributed by atoms with van der Waals surface area (Å²) in [5.41, 5.74) is 12.3. The maximum absolute atomic E-state index is 6.83. The van der Waals surface area contributed by atoms with E-state index in [1.54, 1.807) is 0 Å². The maximum Gasteiger partial charge on any atom is 0.397 e. The third kappa shape index (κ3) is 3.21. The summed E-state index contributed by atoms with van der Waals surface area (Å²) >= 11 is 0. The number of pyridine rings is 1. The predicted octanol–water partition coefficient (Wildman–Crippen LogP) is 8.06. The summed E-state index contributed by atoms with van der Waals surface area (Å²) in [6.07, 6.45) is 2.89. The number of ether oxygens (including phenoxy) is 1. The molecule has 8 aromatic rings. The van der Waals surface area contributed by atoms with Gasteiger partial charge in [0.15, 0.2) is 11.1 Å². The molecule has 0 fully saturated rings. The van der Waals surface area contributed by atoms with Gasteiger partial charge >= 0.3 is 5.66 Å². The molecule has 0 bridgehead atoms. The summed E-state index contributed by atoms with van der Waals surface area (Å²) in [6, 6.07) is 45.2. The van der Waals surface area contributed by atoms with Gasteiger partial charge in [0.25, 0.3) is 5.82 Å². The molecule has 3 aliphatic rings. The number of aromatic nitrogens is 4. The van der Waals surface area contributed by atoms with Crippen LogP contribution in [0.4, 0.5) is 0 Å². The minimum atomic E-state index is -0.687. The van der Waals surface area contributed by atoms with Gasteiger partial charge in [-0.25, -0.2) is 0 Å². The monoisotopic (exact) mass is 630 g/mol. The number of benzene rings is 5. The molecular weight excluding hydrogens is 601 g/mol. The number of rotatable bonds is 2. The van der Waals surface area contributed by atoms with Crippen LogP contribution in [-0.4, -0.2) is 9.25 Å². The number of para-hydroxylation sites is 1. The molecule has 0 saturated carbocycles. The van der Waals surface area contributed by atoms with E-state index in [9.17, 15) is 0 Å². The molecule has 5 aromatic carbocycles. The Balaban J connectivity index is 1.14. The lowest BCUT2D eigenvalue weighted by Gasteiger charge is -2.33. The summed E-state index contributed by atoms with van der Waals surface area (Å²) in [7, 11) is 0. The van der Waals surface area contributed by atoms with Crippen molar-refractivity contribution in [1.29, 1.82) is 0 Å². The topological polar surface area (TPSA) is 26.8 Å². The highest BCUT2D eigenvalue weighted by atomic mass is 16.5. The molecule has 1 atom stereocenters. The second kappa shape index (κ2) is 9.37. The molecule has 1 spiro atoms. The number of nitrogens with zero attached hydrogens (tertiary/aromatic N) is 4. The predicted molar refractivity (Wildman–Crippen MR) is 191 cm³/mol. The van der Waals surface area contributed by atoms with Gasteiger partial charge in [-0.05, 0) is 72.6 Å². The third-order valence-electron chi connectivity index (χ3n) is 10.9. The van der Waals surface area contributed by atoms with Crippen LogP contribution in [0.3, 0.4) is 0 Å². The molecule has 230 valence electrons. The van der Waals surface area contributed by atoms with Crippen molar-refractivity contribution in [2.75, 3.05) is 0 Å². The summed E-state index contributed by atoms with van der Waals surface area (Å²) in [4.78, 5) is 0. The van der Waals surface area contributed by atoms with Crippen LogP contribution in [0.2, 0.25) is 0 Å². The van der Waals surface area contributed by atoms with E-state index >= 15 is 0 Å². The van der Waals surface area contributed by atoms with E-state index in [0.29, 0.717) is 6.42 Å². The van der Waals surface area contributed by atoms with Crippen molar-refractivity contribution in [2.45, 2.75) is 25.9 Å². The molecule has 5 nitrogen and oxygen atoms in total. The first-order valence-electron chi connectivity index (χ1n) is 16.8. The van der Waals surface area contributed by atoms with E-state index in [4.69, 9.17) is 4.74 Å². The van der Waals surface area contributed by atoms with Gasteiger partial charge in [-0.1, -0.05) is 83.3 Å². The van der Waals surface area contributed by atoms with Crippen LogP contribution in [-0.2, 0) is 12.1 Å². The molecule has 0 aliphatic carbocycles. The Morgan fingerprint density at radius 2 is 1.47 bits per heavy atom. The average Bonchev–Trinajstić information content (AvgIpc) is 3.74. The first-order valence-corrected chi connectivity index (χ1v) is 16.8. The van der Waals surface area contributed by atoms with Crippen molar-refractivity contribution in [3.05, 3.63) is 167 Å². The fraction of sp³-hybridized carbons (Fsp3) is 0.0909. The summed E-state index contributed by atoms with van der Waals surface area (Å²) in [5.74, 6) is 9.92. The SMILES string of the molecule is Cc1c(CC#Cc2ccc(-c3ccccc3)cc2)c(C)[n+]2n1-c1cccc3c1C21c2c(ccc4c5ccccc5n(c24)-c2cccc[n+]21)O3. The van der Waals surface area contributed by atoms with Crippen molar-refractivity contribution in [1.82, 2.24) is 9.25 Å². The number of fused-ring (bicyclic) bond motifs is 7. The highest BCUT2D eigenvalue weighted by Crippen LogP contribution is 2.55. The fourth-order valence-corrected chi connectivity index (χ4v) is 8.88. The van der Waals surface area contributed by atoms with Crippen LogP contribution in [0.25, 0.3) is 44.4 Å². The quantitative estimate of drug-likeness (QED) is 0.140. The van der Waals surface area contributed by atoms with Crippen LogP contribution in [0.5, 0.6) is 11.5 Å². The van der Waals surface area contributed by atoms with Gasteiger partial charge in [0, 0.05) is 35.7 Å². The zero-order valence-corrected chi connectivity index (χ0v) is 27.1. The molecule has 3 aromatic heterocycles. The summed E-state index contributed by atoms with van der Waals surface area (Å²) in [5, 5.41) is 2.48. The van der Waals surface area contributed by atoms with Crippen molar-refractivity contribution in [3.63, 3.8) is 0 Å². The minimum absolute atomic E-state index is 0.649. The van der Waals surface area contributed by atoms with E-state index < -0.39 is 5.66 Å². The van der Waals surface area contributed by atoms with E-state index in [1.807, 2.05) is 6.07 Å². The molecule has 11 rings (SSSR count). The molecule has 1 unspecified atom stereocenters. The van der Waals surface area contributed by atoms with E-state index in [0.717, 1.165) is 28.6 Å². The highest BCUT2D eigenvalue weighted by Gasteiger charge is 2.69. The zero-order valence-electron chi connectivity index (χ0n) is 27.1. The van der Waals surface area contributed by atoms with Crippen molar-refractivity contribution >= 4 is 21.8 Å². The van der Waals surface area contributed by atoms with E-state index in [2.05, 4.69) is 172 Å². The van der Waals surface area contributed by atoms with E-state index in [-0.39, 0.29) is 0 Å². The van der Waals surface area contributed by atoms with Crippen LogP contribution >= 0.6 is 0 Å². The standard InChI is InChI=1S/C44H30N4O/c1-28-33(16-10-12-30-21-23-32(24-22-30)31-13-4-3-5-14-31)29(2)48-44-41-37(47(28)48)18-11-19-38(41)49-39-26-25-35-34-15-6-7-17-36(34)46(43(35)42(39)44)40-20-8-9-27-45(40)44/h3-9,11,13-15,17-27H,16H2,1-2H3/q+2. The Hall–Kier alpha value is -6.38. The molecule has 0 saturated heterocycles. The Bertz CT molecular complexity index is 2790. The molecule has 0 amide bonds. The molecule has 5 heteroatoms. The highest BCUT2D eigenvalue weighted by molar-refractivity contribution is 6.11. The Kier molecular flexibility index (Phi) is 5.10. The van der Waals surface area contributed by atoms with E-state index in [1.165, 1.54) is 61.0 Å². The van der Waals surface area contributed by atoms with Gasteiger partial charge in [-0.2, -0.15) is 9.13 Å². The molecule has 0 N–H and O–H groups in total. The lowest BCUT2D eigenvalue weighted by molar-refractivity contribution is -0.995. The van der Waals surface area contributed by atoms with Crippen molar-refractivity contribution in [2.24, 2.45) is 0 Å². The lowest BCUT2D eigenvalue weighted by atomic mass is 9.84. The van der Waals surface area contributed by atoms with Crippen molar-refractivity contribution in [3.8, 4) is 46.0 Å². The van der Waals surface area contributed by atoms with Crippen LogP contribution < -0.4 is 14.0 Å². The lowest BCUT2D eigenvalue weighted by Crippen LogP contribution is -2.77. The Morgan fingerprint density at radius 3 is 2.35 bits per heavy atom. The Morgan fingerprint density at radius 1 is 0.694 bits per heavy atom. The molecule has 0 radical (unpaired) electrons. The zero-order chi connectivity index (χ0) is 32.4. The second-order valence-corrected chi connectivity index (χ2v) is 13.2. The van der Waals surface area contributed by atoms with Crippen LogP contribution in [0.15, 0.2) is 134 Å². The smallest absolute Gasteiger partial charge is 0.397 e. The van der Waals surface area contributed by atoms with Crippen LogP contribution in [0.1, 0.15) is 33.6 Å². The number of hydrogen-bond acceptors (Lipinski definition) is 1. The first-order chi connectivity index (χ1) is 24.2. The molecule has 49 heavy (non-hydrogen) atoms. The average molecular weight is 631 g/mol. The van der Waals surface area contributed by atoms with Gasteiger partial charge in [0.05, 0.1) is 17.5 Å². The second-order valence-electron chi connectivity index (χ2n) is 13.2. The minimum Gasteiger partial charge on any atom is -0.456 e. The summed E-state index contributed by atoms with van der Waals surface area (Å²) in [6.45, 7) is 4.50. The first kappa shape index (κ1) is 26.7. The normalized spacial score (nSPS) is 15.7. The van der Waals surface area contributed by atoms with Gasteiger partial charge in [0.2, 0.25) is 5.69 Å². The Labute approximate surface area is 283 Å².